The first kappa shape index (κ1) is 20.7. The molecule has 2 aromatic heterocycles. The fourth-order valence-electron chi connectivity index (χ4n) is 2.52. The zero-order valence-electron chi connectivity index (χ0n) is 14.1. The molecule has 3 aromatic rings. The maximum Gasteiger partial charge on any atom is 0.490 e. The van der Waals surface area contributed by atoms with Crippen LogP contribution in [0.1, 0.15) is 6.42 Å². The van der Waals surface area contributed by atoms with Gasteiger partial charge in [-0.2, -0.15) is 13.2 Å². The summed E-state index contributed by atoms with van der Waals surface area (Å²) in [5, 5.41) is 8.65. The molecule has 0 unspecified atom stereocenters. The van der Waals surface area contributed by atoms with Gasteiger partial charge in [-0.1, -0.05) is 11.6 Å². The van der Waals surface area contributed by atoms with Crippen LogP contribution >= 0.6 is 11.6 Å². The zero-order chi connectivity index (χ0) is 20.4. The van der Waals surface area contributed by atoms with Crippen molar-refractivity contribution in [1.82, 2.24) is 14.1 Å². The molecule has 0 radical (unpaired) electrons. The number of hydrogen-bond donors (Lipinski definition) is 2. The number of carboxylic acid groups (broad SMARTS) is 1. The van der Waals surface area contributed by atoms with Crippen molar-refractivity contribution in [2.24, 2.45) is 12.8 Å². The van der Waals surface area contributed by atoms with Crippen LogP contribution in [0.5, 0.6) is 0 Å². The minimum absolute atomic E-state index is 0.0386. The number of carboxylic acids is 1. The topological polar surface area (TPSA) is 103 Å². The molecule has 0 atom stereocenters. The molecule has 7 nitrogen and oxygen atoms in total. The number of nitrogens with two attached hydrogens (primary N) is 1. The largest absolute Gasteiger partial charge is 0.490 e. The summed E-state index contributed by atoms with van der Waals surface area (Å²) in [5.74, 6) is -2.76. The highest BCUT2D eigenvalue weighted by atomic mass is 35.5. The average Bonchev–Trinajstić information content (AvgIpc) is 2.97. The van der Waals surface area contributed by atoms with Crippen LogP contribution in [0, 0.1) is 0 Å². The maximum absolute atomic E-state index is 12.6. The number of benzene rings is 1. The highest BCUT2D eigenvalue weighted by Gasteiger charge is 2.38. The van der Waals surface area contributed by atoms with Gasteiger partial charge in [-0.15, -0.1) is 0 Å². The van der Waals surface area contributed by atoms with Gasteiger partial charge in [0.15, 0.2) is 0 Å². The molecule has 146 valence electrons. The minimum Gasteiger partial charge on any atom is -0.475 e. The number of carbonyl (C=O) groups is 1. The van der Waals surface area contributed by atoms with Crippen LogP contribution < -0.4 is 11.3 Å². The van der Waals surface area contributed by atoms with E-state index in [2.05, 4.69) is 4.98 Å². The number of rotatable bonds is 3. The van der Waals surface area contributed by atoms with Gasteiger partial charge in [-0.05, 0) is 31.2 Å². The van der Waals surface area contributed by atoms with Gasteiger partial charge >= 0.3 is 12.1 Å². The predicted molar refractivity (Wildman–Crippen MR) is 94.9 cm³/mol. The van der Waals surface area contributed by atoms with Crippen LogP contribution in [-0.2, 0) is 18.4 Å². The monoisotopic (exact) mass is 404 g/mol. The lowest BCUT2D eigenvalue weighted by Crippen LogP contribution is -2.23. The molecule has 0 bridgehead atoms. The van der Waals surface area contributed by atoms with E-state index in [1.54, 1.807) is 21.5 Å². The number of hydrogen-bond acceptors (Lipinski definition) is 4. The second-order valence-electron chi connectivity index (χ2n) is 5.62. The lowest BCUT2D eigenvalue weighted by atomic mass is 10.1. The molecule has 0 saturated carbocycles. The van der Waals surface area contributed by atoms with Gasteiger partial charge in [-0.25, -0.2) is 9.78 Å². The standard InChI is InChI=1S/C14H15ClN4O.C2HF3O2/c1-18-8-17-12-10-7-9(15)3-4-11(10)19(6-2-5-16)14(20)13(12)18;3-2(4,5)1(6)7/h3-4,7-8H,2,5-6,16H2,1H3;(H,6,7). The van der Waals surface area contributed by atoms with E-state index in [9.17, 15) is 18.0 Å². The number of fused-ring (bicyclic) bond motifs is 3. The molecule has 0 saturated heterocycles. The van der Waals surface area contributed by atoms with Crippen molar-refractivity contribution < 1.29 is 23.1 Å². The van der Waals surface area contributed by atoms with Crippen LogP contribution in [0.25, 0.3) is 21.9 Å². The van der Waals surface area contributed by atoms with Gasteiger partial charge in [-0.3, -0.25) is 4.79 Å². The molecule has 1 aromatic carbocycles. The van der Waals surface area contributed by atoms with E-state index in [-0.39, 0.29) is 5.56 Å². The number of aromatic nitrogens is 3. The van der Waals surface area contributed by atoms with Crippen molar-refractivity contribution in [1.29, 1.82) is 0 Å². The normalized spacial score (nSPS) is 11.5. The van der Waals surface area contributed by atoms with Gasteiger partial charge in [0.2, 0.25) is 0 Å². The zero-order valence-corrected chi connectivity index (χ0v) is 14.9. The molecule has 3 rings (SSSR count). The predicted octanol–water partition coefficient (Wildman–Crippen LogP) is 2.52. The molecular weight excluding hydrogens is 389 g/mol. The second-order valence-corrected chi connectivity index (χ2v) is 6.05. The summed E-state index contributed by atoms with van der Waals surface area (Å²) in [6.07, 6.45) is -2.68. The van der Waals surface area contributed by atoms with Gasteiger partial charge < -0.3 is 20.0 Å². The Morgan fingerprint density at radius 2 is 2.00 bits per heavy atom. The Balaban J connectivity index is 0.000000321. The van der Waals surface area contributed by atoms with E-state index in [1.807, 2.05) is 19.2 Å². The first-order chi connectivity index (χ1) is 12.6. The van der Waals surface area contributed by atoms with Gasteiger partial charge in [0.1, 0.15) is 11.0 Å². The molecular formula is C16H16ClF3N4O3. The molecule has 11 heteroatoms. The van der Waals surface area contributed by atoms with E-state index in [0.29, 0.717) is 29.1 Å². The Hall–Kier alpha value is -2.59. The van der Waals surface area contributed by atoms with Gasteiger partial charge in [0.25, 0.3) is 5.56 Å². The highest BCUT2D eigenvalue weighted by Crippen LogP contribution is 2.24. The Bertz CT molecular complexity index is 1040. The molecule has 0 aliphatic rings. The summed E-state index contributed by atoms with van der Waals surface area (Å²) in [6.45, 7) is 1.14. The molecule has 3 N–H and O–H groups in total. The molecule has 0 amide bonds. The Morgan fingerprint density at radius 1 is 1.37 bits per heavy atom. The van der Waals surface area contributed by atoms with Crippen molar-refractivity contribution in [2.45, 2.75) is 19.1 Å². The summed E-state index contributed by atoms with van der Waals surface area (Å²) >= 11 is 6.08. The Labute approximate surface area is 155 Å². The van der Waals surface area contributed by atoms with Gasteiger partial charge in [0.05, 0.1) is 11.8 Å². The van der Waals surface area contributed by atoms with Crippen molar-refractivity contribution in [2.75, 3.05) is 6.54 Å². The smallest absolute Gasteiger partial charge is 0.475 e. The molecule has 0 aliphatic carbocycles. The quantitative estimate of drug-likeness (QED) is 0.698. The van der Waals surface area contributed by atoms with E-state index in [4.69, 9.17) is 27.2 Å². The Kier molecular flexibility index (Phi) is 6.11. The summed E-state index contributed by atoms with van der Waals surface area (Å²) in [6, 6.07) is 5.51. The van der Waals surface area contributed by atoms with Crippen molar-refractivity contribution in [3.05, 3.63) is 39.9 Å². The fraction of sp³-hybridized carbons (Fsp3) is 0.312. The SMILES string of the molecule is Cn1cnc2c3cc(Cl)ccc3n(CCCN)c(=O)c21.O=C(O)C(F)(F)F. The molecule has 2 heterocycles. The van der Waals surface area contributed by atoms with E-state index in [0.717, 1.165) is 17.3 Å². The maximum atomic E-state index is 12.6. The molecule has 0 aliphatic heterocycles. The number of imidazole rings is 1. The first-order valence-electron chi connectivity index (χ1n) is 7.71. The summed E-state index contributed by atoms with van der Waals surface area (Å²) in [4.78, 5) is 25.9. The van der Waals surface area contributed by atoms with E-state index >= 15 is 0 Å². The van der Waals surface area contributed by atoms with Crippen LogP contribution in [0.3, 0.4) is 0 Å². The first-order valence-corrected chi connectivity index (χ1v) is 8.09. The molecule has 0 spiro atoms. The lowest BCUT2D eigenvalue weighted by molar-refractivity contribution is -0.192. The van der Waals surface area contributed by atoms with Crippen LogP contribution in [0.4, 0.5) is 13.2 Å². The third kappa shape index (κ3) is 4.40. The Morgan fingerprint density at radius 3 is 2.56 bits per heavy atom. The number of pyridine rings is 1. The highest BCUT2D eigenvalue weighted by molar-refractivity contribution is 6.31. The summed E-state index contributed by atoms with van der Waals surface area (Å²) in [5.41, 5.74) is 7.66. The number of nitrogens with zero attached hydrogens (tertiary/aromatic N) is 3. The minimum atomic E-state index is -5.08. The summed E-state index contributed by atoms with van der Waals surface area (Å²) < 4.78 is 35.2. The number of aryl methyl sites for hydroxylation is 2. The summed E-state index contributed by atoms with van der Waals surface area (Å²) in [7, 11) is 1.82. The third-order valence-electron chi connectivity index (χ3n) is 3.72. The molecule has 0 fully saturated rings. The van der Waals surface area contributed by atoms with E-state index in [1.165, 1.54) is 0 Å². The van der Waals surface area contributed by atoms with Gasteiger partial charge in [0, 0.05) is 24.0 Å². The third-order valence-corrected chi connectivity index (χ3v) is 3.95. The van der Waals surface area contributed by atoms with Crippen molar-refractivity contribution in [3.63, 3.8) is 0 Å². The van der Waals surface area contributed by atoms with Crippen LogP contribution in [-0.4, -0.2) is 37.9 Å². The number of aliphatic carboxylic acids is 1. The lowest BCUT2D eigenvalue weighted by Gasteiger charge is -2.11. The fourth-order valence-corrected chi connectivity index (χ4v) is 2.69. The second kappa shape index (κ2) is 7.97. The van der Waals surface area contributed by atoms with Crippen LogP contribution in [0.2, 0.25) is 5.02 Å². The van der Waals surface area contributed by atoms with Crippen molar-refractivity contribution >= 4 is 39.5 Å². The van der Waals surface area contributed by atoms with Crippen molar-refractivity contribution in [3.8, 4) is 0 Å². The number of alkyl halides is 3. The van der Waals surface area contributed by atoms with E-state index < -0.39 is 12.1 Å². The average molecular weight is 405 g/mol. The molecule has 27 heavy (non-hydrogen) atoms. The number of halogens is 4. The van der Waals surface area contributed by atoms with Crippen LogP contribution in [0.15, 0.2) is 29.3 Å².